The van der Waals surface area contributed by atoms with Gasteiger partial charge in [-0.2, -0.15) is 0 Å². The summed E-state index contributed by atoms with van der Waals surface area (Å²) in [6.45, 7) is 1.05. The maximum absolute atomic E-state index is 11.9. The largest absolute Gasteiger partial charge is 0.481 e. The van der Waals surface area contributed by atoms with Crippen LogP contribution in [0.5, 0.6) is 0 Å². The van der Waals surface area contributed by atoms with Gasteiger partial charge in [0, 0.05) is 0 Å². The summed E-state index contributed by atoms with van der Waals surface area (Å²) in [5.74, 6) is -0.842. The summed E-state index contributed by atoms with van der Waals surface area (Å²) in [7, 11) is 0. The Bertz CT molecular complexity index is 663. The van der Waals surface area contributed by atoms with Crippen LogP contribution in [0.2, 0.25) is 0 Å². The summed E-state index contributed by atoms with van der Waals surface area (Å²) >= 11 is 0. The van der Waals surface area contributed by atoms with E-state index in [2.05, 4.69) is 5.32 Å². The molecule has 1 spiro atoms. The van der Waals surface area contributed by atoms with E-state index in [1.807, 2.05) is 30.3 Å². The minimum atomic E-state index is -0.874. The van der Waals surface area contributed by atoms with Crippen LogP contribution in [0.3, 0.4) is 0 Å². The number of carboxylic acids is 1. The summed E-state index contributed by atoms with van der Waals surface area (Å²) in [5.41, 5.74) is -1.31. The Morgan fingerprint density at radius 2 is 1.92 bits per heavy atom. The molecule has 3 aliphatic heterocycles. The second-order valence-electron chi connectivity index (χ2n) is 6.93. The van der Waals surface area contributed by atoms with E-state index in [9.17, 15) is 14.7 Å². The lowest BCUT2D eigenvalue weighted by Gasteiger charge is -2.47. The molecule has 2 N–H and O–H groups in total. The number of carboxylic acid groups (broad SMARTS) is 1. The molecule has 3 heterocycles. The number of carbonyl (C=O) groups is 2. The lowest BCUT2D eigenvalue weighted by molar-refractivity contribution is -0.219. The number of amides is 1. The third-order valence-corrected chi connectivity index (χ3v) is 5.38. The summed E-state index contributed by atoms with van der Waals surface area (Å²) in [5, 5.41) is 12.3. The lowest BCUT2D eigenvalue weighted by atomic mass is 9.55. The number of nitrogens with one attached hydrogen (secondary N) is 1. The fourth-order valence-corrected chi connectivity index (χ4v) is 4.09. The van der Waals surface area contributed by atoms with Gasteiger partial charge in [0.15, 0.2) is 0 Å². The molecular formula is C17H19NO6. The molecule has 1 aliphatic carbocycles. The number of carbonyl (C=O) groups excluding carboxylic acids is 1. The SMILES string of the molecule is O=C(NCC12CC(C(=O)O)(C1)C1(COC1)O2)OCc1ccccc1. The first-order valence-electron chi connectivity index (χ1n) is 7.95. The van der Waals surface area contributed by atoms with Gasteiger partial charge in [-0.15, -0.1) is 0 Å². The summed E-state index contributed by atoms with van der Waals surface area (Å²) < 4.78 is 16.4. The zero-order valence-corrected chi connectivity index (χ0v) is 13.1. The van der Waals surface area contributed by atoms with E-state index in [-0.39, 0.29) is 13.2 Å². The van der Waals surface area contributed by atoms with E-state index in [1.165, 1.54) is 0 Å². The number of benzene rings is 1. The smallest absolute Gasteiger partial charge is 0.407 e. The van der Waals surface area contributed by atoms with Crippen molar-refractivity contribution in [3.63, 3.8) is 0 Å². The van der Waals surface area contributed by atoms with Crippen LogP contribution in [0.25, 0.3) is 0 Å². The van der Waals surface area contributed by atoms with Gasteiger partial charge < -0.3 is 24.6 Å². The third-order valence-electron chi connectivity index (χ3n) is 5.38. The minimum absolute atomic E-state index is 0.192. The topological polar surface area (TPSA) is 94.1 Å². The van der Waals surface area contributed by atoms with Crippen molar-refractivity contribution in [1.82, 2.24) is 5.32 Å². The van der Waals surface area contributed by atoms with E-state index < -0.39 is 28.7 Å². The molecule has 1 aromatic carbocycles. The molecule has 0 aromatic heterocycles. The molecule has 7 heteroatoms. The summed E-state index contributed by atoms with van der Waals surface area (Å²) in [6.07, 6.45) is 0.269. The molecule has 24 heavy (non-hydrogen) atoms. The predicted octanol–water partition coefficient (Wildman–Crippen LogP) is 1.32. The third kappa shape index (κ3) is 2.12. The normalized spacial score (nSPS) is 31.8. The molecule has 4 aliphatic rings. The quantitative estimate of drug-likeness (QED) is 0.844. The number of aliphatic carboxylic acids is 1. The number of alkyl carbamates (subject to hydrolysis) is 1. The second-order valence-corrected chi connectivity index (χ2v) is 6.93. The molecule has 1 aromatic rings. The molecule has 0 atom stereocenters. The Morgan fingerprint density at radius 3 is 2.46 bits per heavy atom. The van der Waals surface area contributed by atoms with E-state index >= 15 is 0 Å². The van der Waals surface area contributed by atoms with Crippen molar-refractivity contribution in [3.8, 4) is 0 Å². The van der Waals surface area contributed by atoms with Gasteiger partial charge in [0.05, 0.1) is 25.4 Å². The van der Waals surface area contributed by atoms with Gasteiger partial charge in [0.1, 0.15) is 17.6 Å². The zero-order valence-electron chi connectivity index (χ0n) is 13.1. The number of rotatable bonds is 5. The van der Waals surface area contributed by atoms with Crippen molar-refractivity contribution < 1.29 is 28.9 Å². The van der Waals surface area contributed by atoms with Crippen LogP contribution in [0, 0.1) is 5.41 Å². The van der Waals surface area contributed by atoms with E-state index in [0.29, 0.717) is 26.1 Å². The highest BCUT2D eigenvalue weighted by Crippen LogP contribution is 2.68. The molecule has 5 rings (SSSR count). The van der Waals surface area contributed by atoms with Crippen LogP contribution in [-0.4, -0.2) is 48.1 Å². The predicted molar refractivity (Wildman–Crippen MR) is 81.3 cm³/mol. The van der Waals surface area contributed by atoms with Crippen LogP contribution in [0.4, 0.5) is 4.79 Å². The first-order chi connectivity index (χ1) is 11.5. The highest BCUT2D eigenvalue weighted by atomic mass is 16.6. The molecule has 0 unspecified atom stereocenters. The van der Waals surface area contributed by atoms with Crippen LogP contribution in [0.1, 0.15) is 18.4 Å². The maximum atomic E-state index is 11.9. The molecule has 4 fully saturated rings. The van der Waals surface area contributed by atoms with Gasteiger partial charge in [-0.25, -0.2) is 4.79 Å². The van der Waals surface area contributed by atoms with Crippen molar-refractivity contribution in [2.75, 3.05) is 19.8 Å². The average molecular weight is 333 g/mol. The van der Waals surface area contributed by atoms with Crippen LogP contribution >= 0.6 is 0 Å². The van der Waals surface area contributed by atoms with Crippen LogP contribution in [0.15, 0.2) is 30.3 Å². The van der Waals surface area contributed by atoms with Crippen LogP contribution in [-0.2, 0) is 25.6 Å². The summed E-state index contributed by atoms with van der Waals surface area (Å²) in [6, 6.07) is 9.40. The molecule has 7 nitrogen and oxygen atoms in total. The van der Waals surface area contributed by atoms with E-state index in [1.54, 1.807) is 0 Å². The minimum Gasteiger partial charge on any atom is -0.481 e. The Labute approximate surface area is 138 Å². The zero-order chi connectivity index (χ0) is 16.8. The molecule has 0 radical (unpaired) electrons. The highest BCUT2D eigenvalue weighted by Gasteiger charge is 2.80. The van der Waals surface area contributed by atoms with E-state index in [4.69, 9.17) is 14.2 Å². The Hall–Kier alpha value is -2.12. The van der Waals surface area contributed by atoms with Gasteiger partial charge in [-0.3, -0.25) is 4.79 Å². The van der Waals surface area contributed by atoms with Gasteiger partial charge >= 0.3 is 12.1 Å². The summed E-state index contributed by atoms with van der Waals surface area (Å²) in [4.78, 5) is 23.5. The monoisotopic (exact) mass is 333 g/mol. The molecule has 1 saturated carbocycles. The fraction of sp³-hybridized carbons (Fsp3) is 0.529. The standard InChI is InChI=1S/C17H19NO6/c19-13(20)16-7-15(8-16,24-17(16)10-22-11-17)9-18-14(21)23-6-12-4-2-1-3-5-12/h1-5H,6-11H2,(H,18,21)(H,19,20). The van der Waals surface area contributed by atoms with Gasteiger partial charge in [-0.05, 0) is 18.4 Å². The second kappa shape index (κ2) is 5.19. The van der Waals surface area contributed by atoms with Gasteiger partial charge in [0.25, 0.3) is 0 Å². The first-order valence-corrected chi connectivity index (χ1v) is 7.95. The van der Waals surface area contributed by atoms with Crippen molar-refractivity contribution >= 4 is 12.1 Å². The maximum Gasteiger partial charge on any atom is 0.407 e. The van der Waals surface area contributed by atoms with Crippen molar-refractivity contribution in [2.24, 2.45) is 5.41 Å². The average Bonchev–Trinajstić information content (AvgIpc) is 2.99. The van der Waals surface area contributed by atoms with Crippen LogP contribution < -0.4 is 5.32 Å². The molecule has 3 saturated heterocycles. The number of hydrogen-bond donors (Lipinski definition) is 2. The molecule has 2 bridgehead atoms. The lowest BCUT2D eigenvalue weighted by Crippen LogP contribution is -2.63. The number of hydrogen-bond acceptors (Lipinski definition) is 5. The molecule has 128 valence electrons. The van der Waals surface area contributed by atoms with E-state index in [0.717, 1.165) is 5.56 Å². The Balaban J connectivity index is 1.31. The molecular weight excluding hydrogens is 314 g/mol. The molecule has 1 amide bonds. The Morgan fingerprint density at radius 1 is 1.21 bits per heavy atom. The van der Waals surface area contributed by atoms with Gasteiger partial charge in [-0.1, -0.05) is 30.3 Å². The Kier molecular flexibility index (Phi) is 3.33. The van der Waals surface area contributed by atoms with Gasteiger partial charge in [0.2, 0.25) is 0 Å². The van der Waals surface area contributed by atoms with Crippen molar-refractivity contribution in [3.05, 3.63) is 35.9 Å². The fourth-order valence-electron chi connectivity index (χ4n) is 4.09. The van der Waals surface area contributed by atoms with Crippen molar-refractivity contribution in [2.45, 2.75) is 30.7 Å². The highest BCUT2D eigenvalue weighted by molar-refractivity contribution is 5.80. The number of ether oxygens (including phenoxy) is 3. The first kappa shape index (κ1) is 15.4. The van der Waals surface area contributed by atoms with Crippen molar-refractivity contribution in [1.29, 1.82) is 0 Å².